The molecule has 0 radical (unpaired) electrons. The van der Waals surface area contributed by atoms with Gasteiger partial charge in [-0.15, -0.1) is 0 Å². The average Bonchev–Trinajstić information content (AvgIpc) is 2.84. The number of imidazole rings is 1. The van der Waals surface area contributed by atoms with E-state index in [0.717, 1.165) is 22.3 Å². The van der Waals surface area contributed by atoms with Gasteiger partial charge in [0.25, 0.3) is 0 Å². The van der Waals surface area contributed by atoms with E-state index in [1.165, 1.54) is 8.96 Å². The molecular formula is C13H8IN3. The molecule has 3 heterocycles. The molecule has 1 aromatic carbocycles. The number of aromatic amines is 1. The van der Waals surface area contributed by atoms with Crippen LogP contribution in [-0.2, 0) is 0 Å². The molecule has 0 amide bonds. The van der Waals surface area contributed by atoms with Crippen LogP contribution in [0, 0.1) is 3.57 Å². The molecule has 0 aliphatic heterocycles. The largest absolute Gasteiger partial charge is 0.339 e. The van der Waals surface area contributed by atoms with Crippen LogP contribution in [0.15, 0.2) is 42.6 Å². The van der Waals surface area contributed by atoms with Gasteiger partial charge in [0.2, 0.25) is 0 Å². The van der Waals surface area contributed by atoms with Crippen LogP contribution in [0.25, 0.3) is 27.7 Å². The first-order chi connectivity index (χ1) is 8.33. The van der Waals surface area contributed by atoms with E-state index in [0.29, 0.717) is 0 Å². The van der Waals surface area contributed by atoms with Crippen LogP contribution < -0.4 is 0 Å². The van der Waals surface area contributed by atoms with E-state index in [4.69, 9.17) is 4.98 Å². The summed E-state index contributed by atoms with van der Waals surface area (Å²) in [6, 6.07) is 12.4. The summed E-state index contributed by atoms with van der Waals surface area (Å²) in [5.74, 6) is 0. The van der Waals surface area contributed by atoms with E-state index in [2.05, 4.69) is 62.4 Å². The molecular weight excluding hydrogens is 325 g/mol. The normalized spacial score (nSPS) is 11.8. The zero-order chi connectivity index (χ0) is 11.4. The molecule has 4 heteroatoms. The van der Waals surface area contributed by atoms with Crippen molar-refractivity contribution in [3.63, 3.8) is 0 Å². The zero-order valence-corrected chi connectivity index (χ0v) is 11.0. The van der Waals surface area contributed by atoms with Gasteiger partial charge in [-0.1, -0.05) is 18.2 Å². The average molecular weight is 333 g/mol. The SMILES string of the molecule is Ic1ccn2c(c1)nc1c3ccccc3[nH]c12. The summed E-state index contributed by atoms with van der Waals surface area (Å²) in [5.41, 5.74) is 4.24. The summed E-state index contributed by atoms with van der Waals surface area (Å²) in [6.07, 6.45) is 2.06. The van der Waals surface area contributed by atoms with Gasteiger partial charge in [0.05, 0.1) is 0 Å². The summed E-state index contributed by atoms with van der Waals surface area (Å²) >= 11 is 2.31. The smallest absolute Gasteiger partial charge is 0.143 e. The van der Waals surface area contributed by atoms with Crippen LogP contribution in [0.3, 0.4) is 0 Å². The maximum absolute atomic E-state index is 4.69. The van der Waals surface area contributed by atoms with Crippen molar-refractivity contribution in [3.05, 3.63) is 46.2 Å². The van der Waals surface area contributed by atoms with E-state index < -0.39 is 0 Å². The second-order valence-electron chi connectivity index (χ2n) is 4.05. The van der Waals surface area contributed by atoms with Gasteiger partial charge in [0.1, 0.15) is 16.8 Å². The minimum Gasteiger partial charge on any atom is -0.339 e. The van der Waals surface area contributed by atoms with E-state index in [1.807, 2.05) is 12.1 Å². The quantitative estimate of drug-likeness (QED) is 0.490. The second-order valence-corrected chi connectivity index (χ2v) is 5.30. The van der Waals surface area contributed by atoms with Crippen molar-refractivity contribution in [1.82, 2.24) is 14.4 Å². The number of rotatable bonds is 0. The van der Waals surface area contributed by atoms with Gasteiger partial charge in [0, 0.05) is 20.7 Å². The second kappa shape index (κ2) is 3.22. The monoisotopic (exact) mass is 333 g/mol. The molecule has 0 fully saturated rings. The first kappa shape index (κ1) is 9.47. The van der Waals surface area contributed by atoms with Gasteiger partial charge in [-0.2, -0.15) is 0 Å². The zero-order valence-electron chi connectivity index (χ0n) is 8.81. The maximum atomic E-state index is 4.69. The summed E-state index contributed by atoms with van der Waals surface area (Å²) in [5, 5.41) is 1.18. The van der Waals surface area contributed by atoms with Crippen molar-refractivity contribution in [1.29, 1.82) is 0 Å². The lowest BCUT2D eigenvalue weighted by molar-refractivity contribution is 1.19. The van der Waals surface area contributed by atoms with Crippen molar-refractivity contribution in [2.24, 2.45) is 0 Å². The number of halogens is 1. The van der Waals surface area contributed by atoms with E-state index in [-0.39, 0.29) is 0 Å². The van der Waals surface area contributed by atoms with Crippen LogP contribution in [0.4, 0.5) is 0 Å². The van der Waals surface area contributed by atoms with Crippen LogP contribution in [-0.4, -0.2) is 14.4 Å². The minimum atomic E-state index is 0.990. The van der Waals surface area contributed by atoms with Gasteiger partial charge in [-0.3, -0.25) is 4.40 Å². The Kier molecular flexibility index (Phi) is 1.80. The summed E-state index contributed by atoms with van der Waals surface area (Å²) in [4.78, 5) is 8.11. The number of aromatic nitrogens is 3. The predicted octanol–water partition coefficient (Wildman–Crippen LogP) is 3.57. The summed E-state index contributed by atoms with van der Waals surface area (Å²) in [6.45, 7) is 0. The number of hydrogen-bond acceptors (Lipinski definition) is 1. The van der Waals surface area contributed by atoms with Gasteiger partial charge >= 0.3 is 0 Å². The Morgan fingerprint density at radius 1 is 1.18 bits per heavy atom. The Morgan fingerprint density at radius 3 is 3.00 bits per heavy atom. The fourth-order valence-electron chi connectivity index (χ4n) is 2.25. The molecule has 0 atom stereocenters. The number of benzene rings is 1. The molecule has 4 rings (SSSR count). The first-order valence-electron chi connectivity index (χ1n) is 5.37. The van der Waals surface area contributed by atoms with Gasteiger partial charge < -0.3 is 4.98 Å². The van der Waals surface area contributed by atoms with Crippen molar-refractivity contribution < 1.29 is 0 Å². The predicted molar refractivity (Wildman–Crippen MR) is 77.3 cm³/mol. The van der Waals surface area contributed by atoms with Gasteiger partial charge in [0.15, 0.2) is 0 Å². The molecule has 0 saturated heterocycles. The number of para-hydroxylation sites is 1. The van der Waals surface area contributed by atoms with E-state index in [9.17, 15) is 0 Å². The lowest BCUT2D eigenvalue weighted by Crippen LogP contribution is -1.85. The third kappa shape index (κ3) is 1.24. The van der Waals surface area contributed by atoms with Crippen molar-refractivity contribution in [2.45, 2.75) is 0 Å². The van der Waals surface area contributed by atoms with Crippen LogP contribution in [0.5, 0.6) is 0 Å². The maximum Gasteiger partial charge on any atom is 0.143 e. The Labute approximate surface area is 111 Å². The highest BCUT2D eigenvalue weighted by Gasteiger charge is 2.10. The lowest BCUT2D eigenvalue weighted by atomic mass is 10.2. The van der Waals surface area contributed by atoms with Crippen molar-refractivity contribution in [3.8, 4) is 0 Å². The third-order valence-electron chi connectivity index (χ3n) is 3.02. The molecule has 0 aliphatic carbocycles. The number of pyridine rings is 1. The highest BCUT2D eigenvalue weighted by molar-refractivity contribution is 14.1. The molecule has 17 heavy (non-hydrogen) atoms. The molecule has 3 aromatic heterocycles. The number of nitrogens with one attached hydrogen (secondary N) is 1. The molecule has 0 spiro atoms. The van der Waals surface area contributed by atoms with Crippen LogP contribution in [0.1, 0.15) is 0 Å². The molecule has 0 aliphatic rings. The molecule has 0 bridgehead atoms. The van der Waals surface area contributed by atoms with Crippen molar-refractivity contribution in [2.75, 3.05) is 0 Å². The highest BCUT2D eigenvalue weighted by Crippen LogP contribution is 2.25. The number of nitrogens with zero attached hydrogens (tertiary/aromatic N) is 2. The number of fused-ring (bicyclic) bond motifs is 5. The Balaban J connectivity index is 2.29. The first-order valence-corrected chi connectivity index (χ1v) is 6.45. The third-order valence-corrected chi connectivity index (χ3v) is 3.69. The molecule has 0 unspecified atom stereocenters. The van der Waals surface area contributed by atoms with E-state index in [1.54, 1.807) is 0 Å². The van der Waals surface area contributed by atoms with Crippen LogP contribution >= 0.6 is 22.6 Å². The molecule has 4 aromatic rings. The molecule has 82 valence electrons. The highest BCUT2D eigenvalue weighted by atomic mass is 127. The number of hydrogen-bond donors (Lipinski definition) is 1. The minimum absolute atomic E-state index is 0.990. The van der Waals surface area contributed by atoms with Gasteiger partial charge in [-0.05, 0) is 40.8 Å². The Bertz CT molecular complexity index is 857. The topological polar surface area (TPSA) is 33.1 Å². The fourth-order valence-corrected chi connectivity index (χ4v) is 2.69. The number of H-pyrrole nitrogens is 1. The molecule has 0 saturated carbocycles. The van der Waals surface area contributed by atoms with Gasteiger partial charge in [-0.25, -0.2) is 4.98 Å². The van der Waals surface area contributed by atoms with E-state index >= 15 is 0 Å². The summed E-state index contributed by atoms with van der Waals surface area (Å²) in [7, 11) is 0. The Hall–Kier alpha value is -1.56. The molecule has 1 N–H and O–H groups in total. The van der Waals surface area contributed by atoms with Crippen LogP contribution in [0.2, 0.25) is 0 Å². The Morgan fingerprint density at radius 2 is 2.06 bits per heavy atom. The fraction of sp³-hybridized carbons (Fsp3) is 0. The summed E-state index contributed by atoms with van der Waals surface area (Å²) < 4.78 is 3.30. The lowest BCUT2D eigenvalue weighted by Gasteiger charge is -1.94. The van der Waals surface area contributed by atoms with Crippen molar-refractivity contribution >= 4 is 50.3 Å². The molecule has 3 nitrogen and oxygen atoms in total. The standard InChI is InChI=1S/C13H8IN3/c14-8-5-6-17-11(7-8)16-12-9-3-1-2-4-10(9)15-13(12)17/h1-7,15H.